The van der Waals surface area contributed by atoms with Crippen LogP contribution in [-0.2, 0) is 0 Å². The summed E-state index contributed by atoms with van der Waals surface area (Å²) >= 11 is 5.94. The predicted molar refractivity (Wildman–Crippen MR) is 77.7 cm³/mol. The van der Waals surface area contributed by atoms with Crippen molar-refractivity contribution in [1.29, 1.82) is 0 Å². The molecule has 0 radical (unpaired) electrons. The number of rotatable bonds is 2. The zero-order valence-corrected chi connectivity index (χ0v) is 10.8. The third-order valence-electron chi connectivity index (χ3n) is 2.84. The lowest BCUT2D eigenvalue weighted by Crippen LogP contribution is -1.91. The zero-order valence-electron chi connectivity index (χ0n) is 10.0. The molecule has 3 aromatic rings. The molecule has 0 aliphatic rings. The molecule has 2 N–H and O–H groups in total. The number of halogens is 1. The van der Waals surface area contributed by atoms with Crippen molar-refractivity contribution in [2.45, 2.75) is 0 Å². The second-order valence-electron chi connectivity index (χ2n) is 4.13. The fraction of sp³-hybridized carbons (Fsp3) is 0. The summed E-state index contributed by atoms with van der Waals surface area (Å²) in [7, 11) is 0. The molecule has 0 spiro atoms. The minimum atomic E-state index is 0.635. The SMILES string of the molecule is Nc1ccc(Oc2cccc(Cl)c2)c2cnccc12. The van der Waals surface area contributed by atoms with Crippen LogP contribution in [0.2, 0.25) is 5.02 Å². The molecule has 0 unspecified atom stereocenters. The highest BCUT2D eigenvalue weighted by molar-refractivity contribution is 6.30. The van der Waals surface area contributed by atoms with Gasteiger partial charge in [-0.1, -0.05) is 17.7 Å². The molecular weight excluding hydrogens is 260 g/mol. The molecule has 0 aliphatic heterocycles. The topological polar surface area (TPSA) is 48.1 Å². The standard InChI is InChI=1S/C15H11ClN2O/c16-10-2-1-3-11(8-10)19-15-5-4-14(17)12-6-7-18-9-13(12)15/h1-9H,17H2. The Morgan fingerprint density at radius 2 is 1.95 bits per heavy atom. The van der Waals surface area contributed by atoms with Gasteiger partial charge in [-0.2, -0.15) is 0 Å². The summed E-state index contributed by atoms with van der Waals surface area (Å²) in [5.41, 5.74) is 6.64. The van der Waals surface area contributed by atoms with Gasteiger partial charge in [-0.3, -0.25) is 4.98 Å². The van der Waals surface area contributed by atoms with Crippen molar-refractivity contribution in [3.8, 4) is 11.5 Å². The highest BCUT2D eigenvalue weighted by atomic mass is 35.5. The minimum Gasteiger partial charge on any atom is -0.457 e. The molecule has 1 heterocycles. The largest absolute Gasteiger partial charge is 0.457 e. The summed E-state index contributed by atoms with van der Waals surface area (Å²) in [4.78, 5) is 4.11. The van der Waals surface area contributed by atoms with Crippen molar-refractivity contribution in [1.82, 2.24) is 4.98 Å². The van der Waals surface area contributed by atoms with Gasteiger partial charge in [0, 0.05) is 33.9 Å². The van der Waals surface area contributed by atoms with E-state index in [-0.39, 0.29) is 0 Å². The van der Waals surface area contributed by atoms with E-state index < -0.39 is 0 Å². The van der Waals surface area contributed by atoms with Crippen LogP contribution in [0.3, 0.4) is 0 Å². The molecule has 0 saturated heterocycles. The Hall–Kier alpha value is -2.26. The summed E-state index contributed by atoms with van der Waals surface area (Å²) in [5, 5.41) is 2.44. The maximum absolute atomic E-state index is 5.94. The first-order valence-electron chi connectivity index (χ1n) is 5.80. The van der Waals surface area contributed by atoms with Crippen molar-refractivity contribution >= 4 is 28.1 Å². The number of hydrogen-bond donors (Lipinski definition) is 1. The Balaban J connectivity index is 2.09. The van der Waals surface area contributed by atoms with Crippen LogP contribution in [0.5, 0.6) is 11.5 Å². The molecule has 3 rings (SSSR count). The molecule has 1 aromatic heterocycles. The van der Waals surface area contributed by atoms with Crippen molar-refractivity contribution in [3.63, 3.8) is 0 Å². The van der Waals surface area contributed by atoms with Crippen LogP contribution in [0.4, 0.5) is 5.69 Å². The molecule has 2 aromatic carbocycles. The molecule has 0 aliphatic carbocycles. The number of fused-ring (bicyclic) bond motifs is 1. The Bertz CT molecular complexity index is 743. The van der Waals surface area contributed by atoms with Crippen molar-refractivity contribution in [2.75, 3.05) is 5.73 Å². The number of nitrogens with zero attached hydrogens (tertiary/aromatic N) is 1. The van der Waals surface area contributed by atoms with Crippen LogP contribution in [0, 0.1) is 0 Å². The highest BCUT2D eigenvalue weighted by Crippen LogP contribution is 2.33. The average molecular weight is 271 g/mol. The first-order chi connectivity index (χ1) is 9.24. The third-order valence-corrected chi connectivity index (χ3v) is 3.07. The van der Waals surface area contributed by atoms with E-state index in [4.69, 9.17) is 22.1 Å². The van der Waals surface area contributed by atoms with E-state index in [0.29, 0.717) is 22.2 Å². The Labute approximate surface area is 115 Å². The van der Waals surface area contributed by atoms with E-state index in [1.54, 1.807) is 24.5 Å². The van der Waals surface area contributed by atoms with Gasteiger partial charge in [0.2, 0.25) is 0 Å². The van der Waals surface area contributed by atoms with E-state index in [9.17, 15) is 0 Å². The molecule has 4 heteroatoms. The average Bonchev–Trinajstić information content (AvgIpc) is 2.42. The van der Waals surface area contributed by atoms with Crippen molar-refractivity contribution in [3.05, 3.63) is 59.9 Å². The van der Waals surface area contributed by atoms with Crippen molar-refractivity contribution in [2.24, 2.45) is 0 Å². The van der Waals surface area contributed by atoms with Crippen molar-refractivity contribution < 1.29 is 4.74 Å². The van der Waals surface area contributed by atoms with Gasteiger partial charge >= 0.3 is 0 Å². The van der Waals surface area contributed by atoms with Crippen LogP contribution in [0.15, 0.2) is 54.9 Å². The van der Waals surface area contributed by atoms with Gasteiger partial charge in [0.25, 0.3) is 0 Å². The number of anilines is 1. The number of nitrogens with two attached hydrogens (primary N) is 1. The number of pyridine rings is 1. The molecule has 0 bridgehead atoms. The van der Waals surface area contributed by atoms with E-state index in [0.717, 1.165) is 10.8 Å². The van der Waals surface area contributed by atoms with Gasteiger partial charge in [-0.25, -0.2) is 0 Å². The van der Waals surface area contributed by atoms with Crippen LogP contribution < -0.4 is 10.5 Å². The summed E-state index contributed by atoms with van der Waals surface area (Å²) in [6.07, 6.45) is 3.45. The molecule has 0 saturated carbocycles. The first-order valence-corrected chi connectivity index (χ1v) is 6.17. The number of benzene rings is 2. The van der Waals surface area contributed by atoms with Gasteiger partial charge in [0.05, 0.1) is 0 Å². The molecule has 94 valence electrons. The Morgan fingerprint density at radius 3 is 2.79 bits per heavy atom. The number of ether oxygens (including phenoxy) is 1. The van der Waals surface area contributed by atoms with Gasteiger partial charge in [0.15, 0.2) is 0 Å². The van der Waals surface area contributed by atoms with Gasteiger partial charge < -0.3 is 10.5 Å². The zero-order chi connectivity index (χ0) is 13.2. The summed E-state index contributed by atoms with van der Waals surface area (Å²) in [6.45, 7) is 0. The van der Waals surface area contributed by atoms with Crippen LogP contribution in [-0.4, -0.2) is 4.98 Å². The number of hydrogen-bond acceptors (Lipinski definition) is 3. The lowest BCUT2D eigenvalue weighted by molar-refractivity contribution is 0.488. The summed E-state index contributed by atoms with van der Waals surface area (Å²) in [6, 6.07) is 12.8. The lowest BCUT2D eigenvalue weighted by atomic mass is 10.1. The number of nitrogen functional groups attached to an aromatic ring is 1. The number of aromatic nitrogens is 1. The molecular formula is C15H11ClN2O. The van der Waals surface area contributed by atoms with E-state index in [1.165, 1.54) is 0 Å². The summed E-state index contributed by atoms with van der Waals surface area (Å²) < 4.78 is 5.85. The predicted octanol–water partition coefficient (Wildman–Crippen LogP) is 4.26. The second-order valence-corrected chi connectivity index (χ2v) is 4.57. The van der Waals surface area contributed by atoms with E-state index in [1.807, 2.05) is 30.3 Å². The monoisotopic (exact) mass is 270 g/mol. The van der Waals surface area contributed by atoms with Gasteiger partial charge in [-0.05, 0) is 36.4 Å². The van der Waals surface area contributed by atoms with Crippen LogP contribution >= 0.6 is 11.6 Å². The van der Waals surface area contributed by atoms with E-state index >= 15 is 0 Å². The van der Waals surface area contributed by atoms with Crippen LogP contribution in [0.1, 0.15) is 0 Å². The normalized spacial score (nSPS) is 10.6. The Kier molecular flexibility index (Phi) is 2.97. The molecule has 3 nitrogen and oxygen atoms in total. The smallest absolute Gasteiger partial charge is 0.136 e. The second kappa shape index (κ2) is 4.78. The van der Waals surface area contributed by atoms with Gasteiger partial charge in [-0.15, -0.1) is 0 Å². The maximum Gasteiger partial charge on any atom is 0.136 e. The quantitative estimate of drug-likeness (QED) is 0.708. The lowest BCUT2D eigenvalue weighted by Gasteiger charge is -2.10. The summed E-state index contributed by atoms with van der Waals surface area (Å²) in [5.74, 6) is 1.39. The van der Waals surface area contributed by atoms with Crippen LogP contribution in [0.25, 0.3) is 10.8 Å². The molecule has 0 atom stereocenters. The molecule has 0 amide bonds. The Morgan fingerprint density at radius 1 is 1.05 bits per heavy atom. The first kappa shape index (κ1) is 11.8. The fourth-order valence-corrected chi connectivity index (χ4v) is 2.11. The fourth-order valence-electron chi connectivity index (χ4n) is 1.93. The minimum absolute atomic E-state index is 0.635. The third kappa shape index (κ3) is 2.33. The molecule has 19 heavy (non-hydrogen) atoms. The van der Waals surface area contributed by atoms with E-state index in [2.05, 4.69) is 4.98 Å². The maximum atomic E-state index is 5.94. The highest BCUT2D eigenvalue weighted by Gasteiger charge is 2.06. The van der Waals surface area contributed by atoms with Gasteiger partial charge in [0.1, 0.15) is 11.5 Å². The molecule has 0 fully saturated rings.